The minimum Gasteiger partial charge on any atom is -0.371 e. The van der Waals surface area contributed by atoms with Gasteiger partial charge in [0.25, 0.3) is 0 Å². The second kappa shape index (κ2) is 5.16. The third kappa shape index (κ3) is 2.20. The molecule has 5 nitrogen and oxygen atoms in total. The lowest BCUT2D eigenvalue weighted by Gasteiger charge is -2.11. The summed E-state index contributed by atoms with van der Waals surface area (Å²) >= 11 is 0. The Hall–Kier alpha value is -1.91. The van der Waals surface area contributed by atoms with Gasteiger partial charge in [-0.05, 0) is 31.9 Å². The summed E-state index contributed by atoms with van der Waals surface area (Å²) in [6.45, 7) is 7.18. The maximum absolute atomic E-state index is 4.38. The second-order valence-corrected chi connectivity index (χ2v) is 4.30. The fraction of sp³-hybridized carbons (Fsp3) is 0.462. The Labute approximate surface area is 107 Å². The molecule has 0 aromatic carbocycles. The molecule has 2 aromatic rings. The van der Waals surface area contributed by atoms with Crippen molar-refractivity contribution in [3.05, 3.63) is 35.0 Å². The summed E-state index contributed by atoms with van der Waals surface area (Å²) in [6, 6.07) is 0. The Kier molecular flexibility index (Phi) is 3.60. The van der Waals surface area contributed by atoms with Crippen LogP contribution in [0.15, 0.2) is 12.4 Å². The lowest BCUT2D eigenvalue weighted by atomic mass is 10.1. The van der Waals surface area contributed by atoms with Crippen LogP contribution in [-0.4, -0.2) is 26.8 Å². The Morgan fingerprint density at radius 3 is 2.67 bits per heavy atom. The first kappa shape index (κ1) is 12.5. The van der Waals surface area contributed by atoms with Crippen LogP contribution in [0.4, 0.5) is 5.82 Å². The molecule has 0 unspecified atom stereocenters. The number of nitrogens with zero attached hydrogens (tertiary/aromatic N) is 4. The van der Waals surface area contributed by atoms with Gasteiger partial charge in [-0.2, -0.15) is 5.10 Å². The largest absolute Gasteiger partial charge is 0.371 e. The predicted molar refractivity (Wildman–Crippen MR) is 71.8 cm³/mol. The molecule has 0 aliphatic carbocycles. The Bertz CT molecular complexity index is 544. The molecule has 0 saturated carbocycles. The van der Waals surface area contributed by atoms with Gasteiger partial charge in [0.15, 0.2) is 5.82 Å². The molecule has 18 heavy (non-hydrogen) atoms. The number of aryl methyl sites for hydroxylation is 1. The molecule has 2 heterocycles. The van der Waals surface area contributed by atoms with Crippen LogP contribution < -0.4 is 5.32 Å². The van der Waals surface area contributed by atoms with Crippen molar-refractivity contribution in [2.45, 2.75) is 33.7 Å². The molecule has 0 saturated heterocycles. The van der Waals surface area contributed by atoms with Crippen LogP contribution in [0.2, 0.25) is 0 Å². The van der Waals surface area contributed by atoms with E-state index < -0.39 is 0 Å². The summed E-state index contributed by atoms with van der Waals surface area (Å²) in [6.07, 6.45) is 4.55. The van der Waals surface area contributed by atoms with Gasteiger partial charge in [-0.15, -0.1) is 5.10 Å². The van der Waals surface area contributed by atoms with E-state index in [-0.39, 0.29) is 0 Å². The Morgan fingerprint density at radius 1 is 1.22 bits per heavy atom. The minimum absolute atomic E-state index is 0.727. The van der Waals surface area contributed by atoms with E-state index in [1.54, 1.807) is 0 Å². The van der Waals surface area contributed by atoms with E-state index in [0.717, 1.165) is 35.9 Å². The van der Waals surface area contributed by atoms with E-state index in [2.05, 4.69) is 45.8 Å². The third-order valence-electron chi connectivity index (χ3n) is 3.33. The van der Waals surface area contributed by atoms with E-state index in [0.29, 0.717) is 0 Å². The fourth-order valence-corrected chi connectivity index (χ4v) is 2.00. The normalized spacial score (nSPS) is 10.7. The molecule has 0 spiro atoms. The average molecular weight is 245 g/mol. The van der Waals surface area contributed by atoms with E-state index in [1.807, 2.05) is 19.4 Å². The van der Waals surface area contributed by atoms with Crippen molar-refractivity contribution in [1.82, 2.24) is 19.7 Å². The highest BCUT2D eigenvalue weighted by Crippen LogP contribution is 2.18. The summed E-state index contributed by atoms with van der Waals surface area (Å²) in [5.74, 6) is 1.88. The van der Waals surface area contributed by atoms with Crippen molar-refractivity contribution in [2.75, 3.05) is 12.4 Å². The number of nitrogens with one attached hydrogen (secondary N) is 1. The van der Waals surface area contributed by atoms with Crippen LogP contribution >= 0.6 is 0 Å². The highest BCUT2D eigenvalue weighted by Gasteiger charge is 2.11. The molecule has 0 atom stereocenters. The highest BCUT2D eigenvalue weighted by atomic mass is 15.2. The zero-order valence-electron chi connectivity index (χ0n) is 11.4. The van der Waals surface area contributed by atoms with Gasteiger partial charge in [-0.3, -0.25) is 0 Å². The molecular formula is C13H19N5. The summed E-state index contributed by atoms with van der Waals surface area (Å²) < 4.78 is 2.13. The molecule has 0 bridgehead atoms. The van der Waals surface area contributed by atoms with Gasteiger partial charge < -0.3 is 9.88 Å². The zero-order valence-corrected chi connectivity index (χ0v) is 11.4. The molecule has 96 valence electrons. The molecule has 0 radical (unpaired) electrons. The first-order valence-corrected chi connectivity index (χ1v) is 6.17. The fourth-order valence-electron chi connectivity index (χ4n) is 2.00. The van der Waals surface area contributed by atoms with Crippen LogP contribution in [0, 0.1) is 13.8 Å². The van der Waals surface area contributed by atoms with E-state index in [4.69, 9.17) is 0 Å². The van der Waals surface area contributed by atoms with Crippen molar-refractivity contribution in [2.24, 2.45) is 0 Å². The SMILES string of the molecule is CCn1ccnc1Cc1nnc(NC)c(C)c1C. The summed E-state index contributed by atoms with van der Waals surface area (Å²) in [7, 11) is 1.86. The monoisotopic (exact) mass is 245 g/mol. The van der Waals surface area contributed by atoms with Gasteiger partial charge in [0, 0.05) is 26.0 Å². The quantitative estimate of drug-likeness (QED) is 0.894. The Balaban J connectivity index is 2.33. The number of hydrogen-bond acceptors (Lipinski definition) is 4. The molecule has 5 heteroatoms. The number of rotatable bonds is 4. The zero-order chi connectivity index (χ0) is 13.1. The van der Waals surface area contributed by atoms with Crippen LogP contribution in [0.5, 0.6) is 0 Å². The first-order valence-electron chi connectivity index (χ1n) is 6.17. The number of hydrogen-bond donors (Lipinski definition) is 1. The van der Waals surface area contributed by atoms with Gasteiger partial charge in [-0.1, -0.05) is 0 Å². The lowest BCUT2D eigenvalue weighted by Crippen LogP contribution is -2.08. The van der Waals surface area contributed by atoms with Crippen molar-refractivity contribution < 1.29 is 0 Å². The lowest BCUT2D eigenvalue weighted by molar-refractivity contribution is 0.703. The van der Waals surface area contributed by atoms with E-state index in [1.165, 1.54) is 5.56 Å². The standard InChI is InChI=1S/C13H19N5/c1-5-18-7-6-15-12(18)8-11-9(2)10(3)13(14-4)17-16-11/h6-7H,5,8H2,1-4H3,(H,14,17). The predicted octanol–water partition coefficient (Wildman–Crippen LogP) is 1.94. The highest BCUT2D eigenvalue weighted by molar-refractivity contribution is 5.47. The third-order valence-corrected chi connectivity index (χ3v) is 3.33. The number of imidazole rings is 1. The van der Waals surface area contributed by atoms with Gasteiger partial charge in [0.05, 0.1) is 12.1 Å². The molecule has 2 rings (SSSR count). The van der Waals surface area contributed by atoms with Crippen molar-refractivity contribution in [3.63, 3.8) is 0 Å². The molecule has 0 aliphatic heterocycles. The molecule has 2 aromatic heterocycles. The molecule has 0 fully saturated rings. The summed E-state index contributed by atoms with van der Waals surface area (Å²) in [4.78, 5) is 4.38. The van der Waals surface area contributed by atoms with Gasteiger partial charge in [-0.25, -0.2) is 4.98 Å². The van der Waals surface area contributed by atoms with Gasteiger partial charge in [0.1, 0.15) is 5.82 Å². The van der Waals surface area contributed by atoms with Crippen molar-refractivity contribution >= 4 is 5.82 Å². The van der Waals surface area contributed by atoms with Crippen LogP contribution in [0.3, 0.4) is 0 Å². The maximum Gasteiger partial charge on any atom is 0.151 e. The molecule has 0 aliphatic rings. The second-order valence-electron chi connectivity index (χ2n) is 4.30. The number of anilines is 1. The number of aromatic nitrogens is 4. The average Bonchev–Trinajstić information content (AvgIpc) is 2.82. The summed E-state index contributed by atoms with van der Waals surface area (Å²) in [5, 5.41) is 11.5. The molecular weight excluding hydrogens is 226 g/mol. The van der Waals surface area contributed by atoms with Crippen LogP contribution in [-0.2, 0) is 13.0 Å². The van der Waals surface area contributed by atoms with Crippen LogP contribution in [0.1, 0.15) is 29.6 Å². The van der Waals surface area contributed by atoms with Crippen molar-refractivity contribution in [1.29, 1.82) is 0 Å². The van der Waals surface area contributed by atoms with E-state index in [9.17, 15) is 0 Å². The summed E-state index contributed by atoms with van der Waals surface area (Å²) in [5.41, 5.74) is 3.32. The van der Waals surface area contributed by atoms with Gasteiger partial charge >= 0.3 is 0 Å². The van der Waals surface area contributed by atoms with Crippen LogP contribution in [0.25, 0.3) is 0 Å². The smallest absolute Gasteiger partial charge is 0.151 e. The minimum atomic E-state index is 0.727. The Morgan fingerprint density at radius 2 is 2.00 bits per heavy atom. The van der Waals surface area contributed by atoms with E-state index >= 15 is 0 Å². The van der Waals surface area contributed by atoms with Gasteiger partial charge in [0.2, 0.25) is 0 Å². The molecule has 1 N–H and O–H groups in total. The maximum atomic E-state index is 4.38. The van der Waals surface area contributed by atoms with Crippen molar-refractivity contribution in [3.8, 4) is 0 Å². The first-order chi connectivity index (χ1) is 8.67. The topological polar surface area (TPSA) is 55.6 Å². The molecule has 0 amide bonds.